The van der Waals surface area contributed by atoms with Crippen LogP contribution in [0.15, 0.2) is 36.5 Å². The molecule has 1 heterocycles. The lowest BCUT2D eigenvalue weighted by atomic mass is 10.1. The van der Waals surface area contributed by atoms with E-state index in [9.17, 15) is 5.11 Å². The maximum absolute atomic E-state index is 9.51. The zero-order valence-electron chi connectivity index (χ0n) is 8.72. The first-order valence-corrected chi connectivity index (χ1v) is 5.02. The SMILES string of the molecule is Cc1ncc(O)n1CCc1ccccc1. The maximum Gasteiger partial charge on any atom is 0.211 e. The number of rotatable bonds is 3. The fourth-order valence-corrected chi connectivity index (χ4v) is 1.62. The van der Waals surface area contributed by atoms with Crippen molar-refractivity contribution in [1.29, 1.82) is 0 Å². The van der Waals surface area contributed by atoms with Gasteiger partial charge in [0.25, 0.3) is 0 Å². The lowest BCUT2D eigenvalue weighted by molar-refractivity contribution is 0.414. The van der Waals surface area contributed by atoms with Crippen LogP contribution in [-0.4, -0.2) is 14.7 Å². The van der Waals surface area contributed by atoms with Crippen LogP contribution in [0.4, 0.5) is 0 Å². The van der Waals surface area contributed by atoms with E-state index in [1.807, 2.05) is 29.7 Å². The molecule has 15 heavy (non-hydrogen) atoms. The smallest absolute Gasteiger partial charge is 0.211 e. The largest absolute Gasteiger partial charge is 0.493 e. The summed E-state index contributed by atoms with van der Waals surface area (Å²) < 4.78 is 1.81. The van der Waals surface area contributed by atoms with Crippen molar-refractivity contribution in [1.82, 2.24) is 9.55 Å². The summed E-state index contributed by atoms with van der Waals surface area (Å²) in [7, 11) is 0. The fraction of sp³-hybridized carbons (Fsp3) is 0.250. The van der Waals surface area contributed by atoms with Gasteiger partial charge in [-0.1, -0.05) is 30.3 Å². The number of nitrogens with zero attached hydrogens (tertiary/aromatic N) is 2. The molecule has 1 aromatic heterocycles. The molecule has 0 bridgehead atoms. The lowest BCUT2D eigenvalue weighted by Gasteiger charge is -2.06. The van der Waals surface area contributed by atoms with Gasteiger partial charge in [-0.15, -0.1) is 0 Å². The highest BCUT2D eigenvalue weighted by molar-refractivity contribution is 5.15. The van der Waals surface area contributed by atoms with Gasteiger partial charge < -0.3 is 5.11 Å². The minimum atomic E-state index is 0.239. The fourth-order valence-electron chi connectivity index (χ4n) is 1.62. The molecule has 0 saturated heterocycles. The minimum absolute atomic E-state index is 0.239. The van der Waals surface area contributed by atoms with Crippen molar-refractivity contribution in [2.75, 3.05) is 0 Å². The van der Waals surface area contributed by atoms with Crippen molar-refractivity contribution in [3.63, 3.8) is 0 Å². The van der Waals surface area contributed by atoms with Gasteiger partial charge in [-0.2, -0.15) is 0 Å². The molecule has 3 nitrogen and oxygen atoms in total. The van der Waals surface area contributed by atoms with Gasteiger partial charge in [-0.25, -0.2) is 4.98 Å². The Hall–Kier alpha value is -1.77. The molecule has 1 N–H and O–H groups in total. The van der Waals surface area contributed by atoms with Crippen LogP contribution in [0.3, 0.4) is 0 Å². The Kier molecular flexibility index (Phi) is 2.72. The van der Waals surface area contributed by atoms with Gasteiger partial charge in [0.05, 0.1) is 6.20 Å². The molecule has 0 saturated carbocycles. The molecule has 0 amide bonds. The summed E-state index contributed by atoms with van der Waals surface area (Å²) >= 11 is 0. The molecular formula is C12H14N2O. The van der Waals surface area contributed by atoms with Crippen LogP contribution in [0.5, 0.6) is 5.88 Å². The quantitative estimate of drug-likeness (QED) is 0.828. The summed E-state index contributed by atoms with van der Waals surface area (Å²) in [5.74, 6) is 1.09. The second-order valence-corrected chi connectivity index (χ2v) is 3.55. The van der Waals surface area contributed by atoms with Crippen molar-refractivity contribution >= 4 is 0 Å². The van der Waals surface area contributed by atoms with Gasteiger partial charge in [0.1, 0.15) is 5.82 Å². The topological polar surface area (TPSA) is 38.1 Å². The van der Waals surface area contributed by atoms with E-state index in [4.69, 9.17) is 0 Å². The highest BCUT2D eigenvalue weighted by Crippen LogP contribution is 2.12. The summed E-state index contributed by atoms with van der Waals surface area (Å²) in [5, 5.41) is 9.51. The molecule has 0 radical (unpaired) electrons. The van der Waals surface area contributed by atoms with E-state index in [1.165, 1.54) is 11.8 Å². The van der Waals surface area contributed by atoms with Crippen LogP contribution in [0.2, 0.25) is 0 Å². The Morgan fingerprint density at radius 2 is 2.00 bits per heavy atom. The molecule has 0 fully saturated rings. The van der Waals surface area contributed by atoms with Gasteiger partial charge in [-0.3, -0.25) is 4.57 Å². The van der Waals surface area contributed by atoms with Crippen LogP contribution < -0.4 is 0 Å². The van der Waals surface area contributed by atoms with E-state index in [0.29, 0.717) is 0 Å². The molecule has 0 spiro atoms. The Bertz CT molecular complexity index is 415. The second kappa shape index (κ2) is 4.17. The first-order valence-electron chi connectivity index (χ1n) is 5.02. The maximum atomic E-state index is 9.51. The molecule has 3 heteroatoms. The predicted molar refractivity (Wildman–Crippen MR) is 58.8 cm³/mol. The molecule has 0 unspecified atom stereocenters. The normalized spacial score (nSPS) is 10.5. The molecule has 0 atom stereocenters. The minimum Gasteiger partial charge on any atom is -0.493 e. The third-order valence-corrected chi connectivity index (χ3v) is 2.50. The number of hydrogen-bond acceptors (Lipinski definition) is 2. The number of aromatic nitrogens is 2. The van der Waals surface area contributed by atoms with Crippen molar-refractivity contribution in [2.24, 2.45) is 0 Å². The monoisotopic (exact) mass is 202 g/mol. The number of aromatic hydroxyl groups is 1. The van der Waals surface area contributed by atoms with Gasteiger partial charge >= 0.3 is 0 Å². The van der Waals surface area contributed by atoms with Gasteiger partial charge in [0.15, 0.2) is 0 Å². The number of hydrogen-bond donors (Lipinski definition) is 1. The van der Waals surface area contributed by atoms with E-state index in [-0.39, 0.29) is 5.88 Å². The molecule has 1 aromatic carbocycles. The van der Waals surface area contributed by atoms with E-state index in [0.717, 1.165) is 18.8 Å². The second-order valence-electron chi connectivity index (χ2n) is 3.55. The Balaban J connectivity index is 2.05. The van der Waals surface area contributed by atoms with Gasteiger partial charge in [-0.05, 0) is 18.9 Å². The van der Waals surface area contributed by atoms with Crippen molar-refractivity contribution < 1.29 is 5.11 Å². The number of benzene rings is 1. The van der Waals surface area contributed by atoms with Crippen LogP contribution >= 0.6 is 0 Å². The van der Waals surface area contributed by atoms with E-state index in [1.54, 1.807) is 0 Å². The van der Waals surface area contributed by atoms with Crippen LogP contribution in [0.25, 0.3) is 0 Å². The summed E-state index contributed by atoms with van der Waals surface area (Å²) in [6.45, 7) is 2.66. The van der Waals surface area contributed by atoms with E-state index < -0.39 is 0 Å². The Labute approximate surface area is 89.0 Å². The molecule has 2 rings (SSSR count). The summed E-state index contributed by atoms with van der Waals surface area (Å²) in [4.78, 5) is 4.04. The van der Waals surface area contributed by atoms with Crippen molar-refractivity contribution in [3.8, 4) is 5.88 Å². The molecular weight excluding hydrogens is 188 g/mol. The zero-order valence-corrected chi connectivity index (χ0v) is 8.72. The van der Waals surface area contributed by atoms with E-state index in [2.05, 4.69) is 17.1 Å². The van der Waals surface area contributed by atoms with Crippen LogP contribution in [0.1, 0.15) is 11.4 Å². The highest BCUT2D eigenvalue weighted by Gasteiger charge is 2.03. The summed E-state index contributed by atoms with van der Waals surface area (Å²) in [6.07, 6.45) is 2.39. The predicted octanol–water partition coefficient (Wildman–Crippen LogP) is 2.14. The third-order valence-electron chi connectivity index (χ3n) is 2.50. The highest BCUT2D eigenvalue weighted by atomic mass is 16.3. The van der Waals surface area contributed by atoms with Gasteiger partial charge in [0.2, 0.25) is 5.88 Å². The average Bonchev–Trinajstić information content (AvgIpc) is 2.58. The first kappa shape index (κ1) is 9.77. The first-order chi connectivity index (χ1) is 7.27. The Morgan fingerprint density at radius 3 is 2.60 bits per heavy atom. The van der Waals surface area contributed by atoms with Gasteiger partial charge in [0, 0.05) is 6.54 Å². The molecule has 2 aromatic rings. The molecule has 0 aliphatic rings. The number of aryl methyl sites for hydroxylation is 2. The Morgan fingerprint density at radius 1 is 1.27 bits per heavy atom. The third kappa shape index (κ3) is 2.18. The van der Waals surface area contributed by atoms with Crippen molar-refractivity contribution in [2.45, 2.75) is 19.9 Å². The molecule has 78 valence electrons. The summed E-state index contributed by atoms with van der Waals surface area (Å²) in [6, 6.07) is 10.2. The molecule has 0 aliphatic heterocycles. The standard InChI is InChI=1S/C12H14N2O/c1-10-13-9-12(15)14(10)8-7-11-5-3-2-4-6-11/h2-6,9,15H,7-8H2,1H3. The average molecular weight is 202 g/mol. The van der Waals surface area contributed by atoms with Crippen LogP contribution in [0, 0.1) is 6.92 Å². The molecule has 0 aliphatic carbocycles. The van der Waals surface area contributed by atoms with E-state index >= 15 is 0 Å². The zero-order chi connectivity index (χ0) is 10.7. The summed E-state index contributed by atoms with van der Waals surface area (Å²) in [5.41, 5.74) is 1.27. The number of imidazole rings is 1. The lowest BCUT2D eigenvalue weighted by Crippen LogP contribution is -2.02. The van der Waals surface area contributed by atoms with Crippen molar-refractivity contribution in [3.05, 3.63) is 47.9 Å². The van der Waals surface area contributed by atoms with Crippen LogP contribution in [-0.2, 0) is 13.0 Å².